The Morgan fingerprint density at radius 1 is 1.40 bits per heavy atom. The molecule has 0 unspecified atom stereocenters. The summed E-state index contributed by atoms with van der Waals surface area (Å²) in [6.07, 6.45) is 0.839. The standard InChI is InChI=1S/C10H9IN2OS/c1-2-9-12-10(15-13-9)14-8-6-4-3-5-7(8)11/h3-6H,2H2,1H3. The van der Waals surface area contributed by atoms with Crippen LogP contribution in [0.15, 0.2) is 24.3 Å². The van der Waals surface area contributed by atoms with Gasteiger partial charge in [-0.2, -0.15) is 9.36 Å². The smallest absolute Gasteiger partial charge is 0.298 e. The maximum atomic E-state index is 5.63. The molecule has 0 saturated heterocycles. The molecule has 0 fully saturated rings. The molecule has 0 saturated carbocycles. The summed E-state index contributed by atoms with van der Waals surface area (Å²) in [7, 11) is 0. The van der Waals surface area contributed by atoms with Gasteiger partial charge in [0.2, 0.25) is 0 Å². The fourth-order valence-corrected chi connectivity index (χ4v) is 2.17. The van der Waals surface area contributed by atoms with Crippen LogP contribution in [0.1, 0.15) is 12.7 Å². The van der Waals surface area contributed by atoms with Crippen molar-refractivity contribution < 1.29 is 4.74 Å². The topological polar surface area (TPSA) is 35.0 Å². The van der Waals surface area contributed by atoms with E-state index < -0.39 is 0 Å². The minimum Gasteiger partial charge on any atom is -0.429 e. The number of hydrogen-bond acceptors (Lipinski definition) is 4. The lowest BCUT2D eigenvalue weighted by molar-refractivity contribution is 0.474. The summed E-state index contributed by atoms with van der Waals surface area (Å²) in [5.74, 6) is 1.66. The highest BCUT2D eigenvalue weighted by Crippen LogP contribution is 2.27. The first-order valence-corrected chi connectivity index (χ1v) is 6.39. The van der Waals surface area contributed by atoms with Crippen LogP contribution < -0.4 is 4.74 Å². The van der Waals surface area contributed by atoms with Gasteiger partial charge in [0.15, 0.2) is 0 Å². The number of aromatic nitrogens is 2. The van der Waals surface area contributed by atoms with Crippen LogP contribution >= 0.6 is 34.1 Å². The zero-order valence-corrected chi connectivity index (χ0v) is 11.1. The molecule has 1 heterocycles. The monoisotopic (exact) mass is 332 g/mol. The van der Waals surface area contributed by atoms with Crippen molar-refractivity contribution in [2.75, 3.05) is 0 Å². The quantitative estimate of drug-likeness (QED) is 0.807. The summed E-state index contributed by atoms with van der Waals surface area (Å²) in [5, 5.41) is 0.607. The minimum atomic E-state index is 0.607. The highest BCUT2D eigenvalue weighted by molar-refractivity contribution is 14.1. The van der Waals surface area contributed by atoms with Crippen molar-refractivity contribution in [3.8, 4) is 10.9 Å². The Morgan fingerprint density at radius 2 is 2.20 bits per heavy atom. The lowest BCUT2D eigenvalue weighted by atomic mass is 10.3. The molecule has 5 heteroatoms. The second-order valence-corrected chi connectivity index (χ2v) is 4.74. The van der Waals surface area contributed by atoms with Gasteiger partial charge in [-0.1, -0.05) is 19.1 Å². The third kappa shape index (κ3) is 2.66. The Hall–Kier alpha value is -0.690. The van der Waals surface area contributed by atoms with E-state index in [-0.39, 0.29) is 0 Å². The largest absolute Gasteiger partial charge is 0.429 e. The highest BCUT2D eigenvalue weighted by Gasteiger charge is 2.06. The lowest BCUT2D eigenvalue weighted by Crippen LogP contribution is -1.87. The molecule has 0 aliphatic heterocycles. The van der Waals surface area contributed by atoms with Gasteiger partial charge in [-0.3, -0.25) is 0 Å². The van der Waals surface area contributed by atoms with E-state index in [4.69, 9.17) is 4.74 Å². The Morgan fingerprint density at radius 3 is 2.87 bits per heavy atom. The van der Waals surface area contributed by atoms with Crippen molar-refractivity contribution >= 4 is 34.1 Å². The SMILES string of the molecule is CCc1nsc(Oc2ccccc2I)n1. The molecule has 3 nitrogen and oxygen atoms in total. The van der Waals surface area contributed by atoms with Crippen LogP contribution in [0.3, 0.4) is 0 Å². The van der Waals surface area contributed by atoms with E-state index in [1.54, 1.807) is 0 Å². The minimum absolute atomic E-state index is 0.607. The molecule has 0 N–H and O–H groups in total. The predicted molar refractivity (Wildman–Crippen MR) is 68.5 cm³/mol. The summed E-state index contributed by atoms with van der Waals surface area (Å²) in [6, 6.07) is 7.85. The predicted octanol–water partition coefficient (Wildman–Crippen LogP) is 3.50. The summed E-state index contributed by atoms with van der Waals surface area (Å²) in [6.45, 7) is 2.03. The average Bonchev–Trinajstić information content (AvgIpc) is 2.69. The molecule has 0 radical (unpaired) electrons. The zero-order chi connectivity index (χ0) is 10.7. The van der Waals surface area contributed by atoms with Gasteiger partial charge in [0, 0.05) is 18.0 Å². The maximum Gasteiger partial charge on any atom is 0.298 e. The summed E-state index contributed by atoms with van der Waals surface area (Å²) < 4.78 is 10.9. The Balaban J connectivity index is 2.18. The van der Waals surface area contributed by atoms with E-state index >= 15 is 0 Å². The summed E-state index contributed by atoms with van der Waals surface area (Å²) in [5.41, 5.74) is 0. The molecular formula is C10H9IN2OS. The molecule has 1 aromatic heterocycles. The number of ether oxygens (including phenoxy) is 1. The molecule has 0 aliphatic carbocycles. The van der Waals surface area contributed by atoms with Crippen molar-refractivity contribution in [3.63, 3.8) is 0 Å². The van der Waals surface area contributed by atoms with Crippen molar-refractivity contribution in [1.82, 2.24) is 9.36 Å². The average molecular weight is 332 g/mol. The first kappa shape index (κ1) is 10.8. The van der Waals surface area contributed by atoms with E-state index in [1.807, 2.05) is 31.2 Å². The highest BCUT2D eigenvalue weighted by atomic mass is 127. The van der Waals surface area contributed by atoms with E-state index in [2.05, 4.69) is 31.9 Å². The number of para-hydroxylation sites is 1. The molecule has 1 aromatic carbocycles. The van der Waals surface area contributed by atoms with Crippen LogP contribution in [-0.4, -0.2) is 9.36 Å². The zero-order valence-electron chi connectivity index (χ0n) is 8.11. The third-order valence-corrected chi connectivity index (χ3v) is 3.32. The number of hydrogen-bond donors (Lipinski definition) is 0. The van der Waals surface area contributed by atoms with Crippen molar-refractivity contribution in [2.24, 2.45) is 0 Å². The molecule has 0 bridgehead atoms. The van der Waals surface area contributed by atoms with Crippen LogP contribution in [0.2, 0.25) is 0 Å². The molecule has 0 amide bonds. The molecule has 78 valence electrons. The Kier molecular flexibility index (Phi) is 3.53. The first-order chi connectivity index (χ1) is 7.29. The molecular weight excluding hydrogens is 323 g/mol. The van der Waals surface area contributed by atoms with Gasteiger partial charge < -0.3 is 4.74 Å². The van der Waals surface area contributed by atoms with Crippen LogP contribution in [-0.2, 0) is 6.42 Å². The van der Waals surface area contributed by atoms with Gasteiger partial charge in [-0.05, 0) is 34.7 Å². The molecule has 0 aliphatic rings. The van der Waals surface area contributed by atoms with Crippen LogP contribution in [0.5, 0.6) is 10.9 Å². The Labute approximate surface area is 106 Å². The maximum absolute atomic E-state index is 5.63. The molecule has 2 aromatic rings. The van der Waals surface area contributed by atoms with Gasteiger partial charge in [-0.25, -0.2) is 0 Å². The fourth-order valence-electron chi connectivity index (χ4n) is 1.04. The number of aryl methyl sites for hydroxylation is 1. The van der Waals surface area contributed by atoms with E-state index in [0.29, 0.717) is 5.19 Å². The molecule has 0 spiro atoms. The van der Waals surface area contributed by atoms with Gasteiger partial charge in [0.1, 0.15) is 11.6 Å². The van der Waals surface area contributed by atoms with E-state index in [9.17, 15) is 0 Å². The second-order valence-electron chi connectivity index (χ2n) is 2.86. The van der Waals surface area contributed by atoms with Crippen LogP contribution in [0.25, 0.3) is 0 Å². The van der Waals surface area contributed by atoms with E-state index in [0.717, 1.165) is 21.6 Å². The van der Waals surface area contributed by atoms with E-state index in [1.165, 1.54) is 11.5 Å². The van der Waals surface area contributed by atoms with Gasteiger partial charge in [-0.15, -0.1) is 0 Å². The van der Waals surface area contributed by atoms with Gasteiger partial charge in [0.05, 0.1) is 3.57 Å². The molecule has 2 rings (SSSR count). The van der Waals surface area contributed by atoms with Gasteiger partial charge in [0.25, 0.3) is 5.19 Å². The number of halogens is 1. The van der Waals surface area contributed by atoms with Gasteiger partial charge >= 0.3 is 0 Å². The summed E-state index contributed by atoms with van der Waals surface area (Å²) >= 11 is 3.53. The molecule has 0 atom stereocenters. The van der Waals surface area contributed by atoms with Crippen molar-refractivity contribution in [1.29, 1.82) is 0 Å². The van der Waals surface area contributed by atoms with Crippen LogP contribution in [0, 0.1) is 3.57 Å². The first-order valence-electron chi connectivity index (χ1n) is 4.54. The van der Waals surface area contributed by atoms with Crippen LogP contribution in [0.4, 0.5) is 0 Å². The third-order valence-electron chi connectivity index (χ3n) is 1.80. The van der Waals surface area contributed by atoms with Crippen molar-refractivity contribution in [3.05, 3.63) is 33.7 Å². The molecule has 15 heavy (non-hydrogen) atoms. The summed E-state index contributed by atoms with van der Waals surface area (Å²) in [4.78, 5) is 4.25. The second kappa shape index (κ2) is 4.89. The number of benzene rings is 1. The number of rotatable bonds is 3. The Bertz CT molecular complexity index is 458. The lowest BCUT2D eigenvalue weighted by Gasteiger charge is -2.02. The normalized spacial score (nSPS) is 10.3. The fraction of sp³-hybridized carbons (Fsp3) is 0.200. The number of nitrogens with zero attached hydrogens (tertiary/aromatic N) is 2. The van der Waals surface area contributed by atoms with Crippen molar-refractivity contribution in [2.45, 2.75) is 13.3 Å².